The van der Waals surface area contributed by atoms with Crippen molar-refractivity contribution in [3.8, 4) is 0 Å². The fourth-order valence-electron chi connectivity index (χ4n) is 2.79. The maximum atomic E-state index is 12.5. The highest BCUT2D eigenvalue weighted by Crippen LogP contribution is 2.22. The number of amides is 1. The monoisotopic (exact) mass is 261 g/mol. The summed E-state index contributed by atoms with van der Waals surface area (Å²) in [6, 6.07) is 7.85. The van der Waals surface area contributed by atoms with Crippen molar-refractivity contribution in [3.63, 3.8) is 0 Å². The average molecular weight is 261 g/mol. The minimum atomic E-state index is -0.264. The van der Waals surface area contributed by atoms with Crippen molar-refractivity contribution in [3.05, 3.63) is 35.4 Å². The Bertz CT molecular complexity index is 434. The van der Waals surface area contributed by atoms with Crippen molar-refractivity contribution in [1.29, 1.82) is 0 Å². The molecule has 1 aromatic rings. The van der Waals surface area contributed by atoms with Crippen LogP contribution in [-0.2, 0) is 6.42 Å². The molecule has 3 heteroatoms. The summed E-state index contributed by atoms with van der Waals surface area (Å²) < 4.78 is 0. The third-order valence-electron chi connectivity index (χ3n) is 4.14. The van der Waals surface area contributed by atoms with E-state index in [-0.39, 0.29) is 12.0 Å². The fraction of sp³-hybridized carbons (Fsp3) is 0.562. The van der Waals surface area contributed by atoms with Gasteiger partial charge in [0.15, 0.2) is 0 Å². The highest BCUT2D eigenvalue weighted by Gasteiger charge is 2.26. The van der Waals surface area contributed by atoms with E-state index < -0.39 is 0 Å². The Hall–Kier alpha value is -1.35. The number of aliphatic hydroxyl groups is 1. The minimum Gasteiger partial charge on any atom is -0.393 e. The second kappa shape index (κ2) is 6.20. The number of benzene rings is 1. The smallest absolute Gasteiger partial charge is 0.254 e. The van der Waals surface area contributed by atoms with E-state index >= 15 is 0 Å². The number of hydrogen-bond donors (Lipinski definition) is 1. The lowest BCUT2D eigenvalue weighted by Gasteiger charge is -2.33. The molecule has 0 aliphatic carbocycles. The van der Waals surface area contributed by atoms with Gasteiger partial charge in [0.1, 0.15) is 0 Å². The topological polar surface area (TPSA) is 40.5 Å². The first-order valence-electron chi connectivity index (χ1n) is 7.18. The molecule has 1 aliphatic heterocycles. The first-order chi connectivity index (χ1) is 9.13. The molecule has 1 saturated heterocycles. The quantitative estimate of drug-likeness (QED) is 0.908. The van der Waals surface area contributed by atoms with Crippen LogP contribution in [-0.4, -0.2) is 35.1 Å². The number of aliphatic hydroxyl groups excluding tert-OH is 1. The molecule has 104 valence electrons. The van der Waals surface area contributed by atoms with Crippen LogP contribution in [0.15, 0.2) is 24.3 Å². The third kappa shape index (κ3) is 3.16. The molecule has 0 spiro atoms. The molecule has 1 aromatic carbocycles. The highest BCUT2D eigenvalue weighted by molar-refractivity contribution is 5.95. The summed E-state index contributed by atoms with van der Waals surface area (Å²) in [5.74, 6) is 0.479. The molecule has 0 saturated carbocycles. The zero-order valence-corrected chi connectivity index (χ0v) is 11.8. The van der Waals surface area contributed by atoms with Crippen LogP contribution >= 0.6 is 0 Å². The third-order valence-corrected chi connectivity index (χ3v) is 4.14. The van der Waals surface area contributed by atoms with Gasteiger partial charge in [-0.15, -0.1) is 0 Å². The standard InChI is InChI=1S/C16H23NO2/c1-3-13-6-4-5-7-15(13)16(19)17-10-8-14(9-11-17)12(2)18/h4-7,12,14,18H,3,8-11H2,1-2H3. The van der Waals surface area contributed by atoms with Gasteiger partial charge in [-0.25, -0.2) is 0 Å². The Labute approximate surface area is 115 Å². The van der Waals surface area contributed by atoms with E-state index in [9.17, 15) is 9.90 Å². The summed E-state index contributed by atoms with van der Waals surface area (Å²) in [4.78, 5) is 14.4. The molecule has 1 amide bonds. The molecule has 1 N–H and O–H groups in total. The van der Waals surface area contributed by atoms with Gasteiger partial charge >= 0.3 is 0 Å². The number of aryl methyl sites for hydroxylation is 1. The maximum Gasteiger partial charge on any atom is 0.254 e. The average Bonchev–Trinajstić information content (AvgIpc) is 2.46. The predicted octanol–water partition coefficient (Wildman–Crippen LogP) is 2.48. The van der Waals surface area contributed by atoms with E-state index in [1.165, 1.54) is 0 Å². The van der Waals surface area contributed by atoms with Crippen molar-refractivity contribution in [2.45, 2.75) is 39.2 Å². The van der Waals surface area contributed by atoms with Crippen molar-refractivity contribution in [2.24, 2.45) is 5.92 Å². The van der Waals surface area contributed by atoms with Gasteiger partial charge in [0.25, 0.3) is 5.91 Å². The molecule has 1 atom stereocenters. The molecule has 19 heavy (non-hydrogen) atoms. The summed E-state index contributed by atoms with van der Waals surface area (Å²) in [5, 5.41) is 9.60. The molecule has 1 unspecified atom stereocenters. The Morgan fingerprint density at radius 1 is 1.37 bits per heavy atom. The highest BCUT2D eigenvalue weighted by atomic mass is 16.3. The number of carbonyl (C=O) groups is 1. The fourth-order valence-corrected chi connectivity index (χ4v) is 2.79. The van der Waals surface area contributed by atoms with Crippen molar-refractivity contribution < 1.29 is 9.90 Å². The van der Waals surface area contributed by atoms with Gasteiger partial charge < -0.3 is 10.0 Å². The van der Waals surface area contributed by atoms with E-state index in [0.717, 1.165) is 43.5 Å². The largest absolute Gasteiger partial charge is 0.393 e. The molecular weight excluding hydrogens is 238 g/mol. The zero-order valence-electron chi connectivity index (χ0n) is 11.8. The van der Waals surface area contributed by atoms with Crippen molar-refractivity contribution >= 4 is 5.91 Å². The van der Waals surface area contributed by atoms with Gasteiger partial charge in [-0.1, -0.05) is 25.1 Å². The summed E-state index contributed by atoms with van der Waals surface area (Å²) in [6.07, 6.45) is 2.42. The normalized spacial score (nSPS) is 18.4. The molecule has 0 aromatic heterocycles. The van der Waals surface area contributed by atoms with Crippen molar-refractivity contribution in [2.75, 3.05) is 13.1 Å². The second-order valence-corrected chi connectivity index (χ2v) is 5.38. The summed E-state index contributed by atoms with van der Waals surface area (Å²) >= 11 is 0. The van der Waals surface area contributed by atoms with Crippen LogP contribution in [0.1, 0.15) is 42.6 Å². The van der Waals surface area contributed by atoms with Gasteiger partial charge in [-0.05, 0) is 43.7 Å². The lowest BCUT2D eigenvalue weighted by Crippen LogP contribution is -2.41. The first-order valence-corrected chi connectivity index (χ1v) is 7.18. The lowest BCUT2D eigenvalue weighted by molar-refractivity contribution is 0.0520. The van der Waals surface area contributed by atoms with Gasteiger partial charge in [0.2, 0.25) is 0 Å². The Kier molecular flexibility index (Phi) is 4.59. The van der Waals surface area contributed by atoms with Crippen LogP contribution in [0.2, 0.25) is 0 Å². The first kappa shape index (κ1) is 14.1. The molecule has 0 bridgehead atoms. The van der Waals surface area contributed by atoms with Crippen LogP contribution in [0.25, 0.3) is 0 Å². The Morgan fingerprint density at radius 2 is 2.00 bits per heavy atom. The molecule has 1 heterocycles. The van der Waals surface area contributed by atoms with E-state index in [1.54, 1.807) is 0 Å². The van der Waals surface area contributed by atoms with Gasteiger partial charge in [-0.2, -0.15) is 0 Å². The van der Waals surface area contributed by atoms with E-state index in [4.69, 9.17) is 0 Å². The van der Waals surface area contributed by atoms with Gasteiger partial charge in [0.05, 0.1) is 6.10 Å². The number of nitrogens with zero attached hydrogens (tertiary/aromatic N) is 1. The number of carbonyl (C=O) groups excluding carboxylic acids is 1. The van der Waals surface area contributed by atoms with Crippen LogP contribution in [0.5, 0.6) is 0 Å². The van der Waals surface area contributed by atoms with Crippen LogP contribution < -0.4 is 0 Å². The van der Waals surface area contributed by atoms with E-state index in [1.807, 2.05) is 36.1 Å². The minimum absolute atomic E-state index is 0.140. The maximum absolute atomic E-state index is 12.5. The second-order valence-electron chi connectivity index (χ2n) is 5.38. The van der Waals surface area contributed by atoms with Crippen molar-refractivity contribution in [1.82, 2.24) is 4.90 Å². The number of rotatable bonds is 3. The molecule has 3 nitrogen and oxygen atoms in total. The number of likely N-dealkylation sites (tertiary alicyclic amines) is 1. The summed E-state index contributed by atoms with van der Waals surface area (Å²) in [5.41, 5.74) is 1.95. The van der Waals surface area contributed by atoms with Crippen LogP contribution in [0, 0.1) is 5.92 Å². The number of hydrogen-bond acceptors (Lipinski definition) is 2. The van der Waals surface area contributed by atoms with E-state index in [2.05, 4.69) is 6.92 Å². The molecule has 0 radical (unpaired) electrons. The van der Waals surface area contributed by atoms with Gasteiger partial charge in [0, 0.05) is 18.7 Å². The molecular formula is C16H23NO2. The summed E-state index contributed by atoms with van der Waals surface area (Å²) in [7, 11) is 0. The Balaban J connectivity index is 2.05. The zero-order chi connectivity index (χ0) is 13.8. The summed E-state index contributed by atoms with van der Waals surface area (Å²) in [6.45, 7) is 5.43. The van der Waals surface area contributed by atoms with E-state index in [0.29, 0.717) is 5.92 Å². The lowest BCUT2D eigenvalue weighted by atomic mass is 9.91. The Morgan fingerprint density at radius 3 is 2.58 bits per heavy atom. The molecule has 2 rings (SSSR count). The van der Waals surface area contributed by atoms with Crippen LogP contribution in [0.4, 0.5) is 0 Å². The molecule has 1 aliphatic rings. The number of piperidine rings is 1. The predicted molar refractivity (Wildman–Crippen MR) is 76.1 cm³/mol. The molecule has 1 fully saturated rings. The SMILES string of the molecule is CCc1ccccc1C(=O)N1CCC(C(C)O)CC1. The van der Waals surface area contributed by atoms with Gasteiger partial charge in [-0.3, -0.25) is 4.79 Å². The van der Waals surface area contributed by atoms with Crippen LogP contribution in [0.3, 0.4) is 0 Å².